The number of nitrogen functional groups attached to an aromatic ring is 1. The van der Waals surface area contributed by atoms with Crippen LogP contribution < -0.4 is 10.5 Å². The van der Waals surface area contributed by atoms with Crippen LogP contribution in [0.1, 0.15) is 6.92 Å². The minimum absolute atomic E-state index is 0.504. The van der Waals surface area contributed by atoms with Gasteiger partial charge in [-0.3, -0.25) is 0 Å². The minimum Gasteiger partial charge on any atom is -0.479 e. The van der Waals surface area contributed by atoms with Gasteiger partial charge in [0, 0.05) is 5.69 Å². The number of hydrogen-bond acceptors (Lipinski definition) is 3. The third-order valence-corrected chi connectivity index (χ3v) is 1.54. The van der Waals surface area contributed by atoms with Crippen LogP contribution in [0, 0.1) is 0 Å². The first-order chi connectivity index (χ1) is 6.09. The first-order valence-electron chi connectivity index (χ1n) is 3.84. The average molecular weight is 181 g/mol. The molecule has 0 saturated carbocycles. The Morgan fingerprint density at radius 1 is 1.46 bits per heavy atom. The summed E-state index contributed by atoms with van der Waals surface area (Å²) in [6.07, 6.45) is -0.844. The molecular formula is C9H11NO3. The second-order valence-corrected chi connectivity index (χ2v) is 2.67. The van der Waals surface area contributed by atoms with E-state index < -0.39 is 12.1 Å². The molecule has 4 nitrogen and oxygen atoms in total. The van der Waals surface area contributed by atoms with E-state index in [9.17, 15) is 4.79 Å². The Balaban J connectivity index is 2.64. The molecule has 0 spiro atoms. The summed E-state index contributed by atoms with van der Waals surface area (Å²) in [5.74, 6) is -0.485. The number of carbonyl (C=O) groups is 1. The number of anilines is 1. The Labute approximate surface area is 75.9 Å². The molecule has 70 valence electrons. The number of carboxylic acids is 1. The van der Waals surface area contributed by atoms with Gasteiger partial charge in [-0.15, -0.1) is 0 Å². The SMILES string of the molecule is C[C@H](Oc1ccc(N)cc1)C(=O)O. The molecule has 13 heavy (non-hydrogen) atoms. The maximum Gasteiger partial charge on any atom is 0.344 e. The lowest BCUT2D eigenvalue weighted by molar-refractivity contribution is -0.144. The predicted molar refractivity (Wildman–Crippen MR) is 48.6 cm³/mol. The van der Waals surface area contributed by atoms with Crippen molar-refractivity contribution < 1.29 is 14.6 Å². The van der Waals surface area contributed by atoms with Crippen molar-refractivity contribution in [3.63, 3.8) is 0 Å². The molecule has 3 N–H and O–H groups in total. The molecule has 0 radical (unpaired) electrons. The zero-order valence-electron chi connectivity index (χ0n) is 7.23. The molecule has 0 aromatic heterocycles. The Morgan fingerprint density at radius 2 is 2.00 bits per heavy atom. The number of aliphatic carboxylic acids is 1. The maximum absolute atomic E-state index is 10.4. The van der Waals surface area contributed by atoms with E-state index in [0.717, 1.165) is 0 Å². The van der Waals surface area contributed by atoms with Crippen LogP contribution in [-0.2, 0) is 4.79 Å². The Bertz CT molecular complexity index is 294. The van der Waals surface area contributed by atoms with Crippen LogP contribution >= 0.6 is 0 Å². The summed E-state index contributed by atoms with van der Waals surface area (Å²) < 4.78 is 5.08. The monoisotopic (exact) mass is 181 g/mol. The van der Waals surface area contributed by atoms with Gasteiger partial charge in [-0.2, -0.15) is 0 Å². The second kappa shape index (κ2) is 3.80. The average Bonchev–Trinajstić information content (AvgIpc) is 2.08. The molecule has 1 rings (SSSR count). The van der Waals surface area contributed by atoms with E-state index in [2.05, 4.69) is 0 Å². The molecule has 0 saturated heterocycles. The van der Waals surface area contributed by atoms with Crippen molar-refractivity contribution in [2.75, 3.05) is 5.73 Å². The van der Waals surface area contributed by atoms with E-state index in [1.807, 2.05) is 0 Å². The van der Waals surface area contributed by atoms with Crippen LogP contribution in [0.25, 0.3) is 0 Å². The molecule has 4 heteroatoms. The van der Waals surface area contributed by atoms with Gasteiger partial charge in [0.25, 0.3) is 0 Å². The van der Waals surface area contributed by atoms with Crippen molar-refractivity contribution in [2.24, 2.45) is 0 Å². The lowest BCUT2D eigenvalue weighted by atomic mass is 10.3. The van der Waals surface area contributed by atoms with E-state index in [-0.39, 0.29) is 0 Å². The second-order valence-electron chi connectivity index (χ2n) is 2.67. The largest absolute Gasteiger partial charge is 0.479 e. The number of hydrogen-bond donors (Lipinski definition) is 2. The van der Waals surface area contributed by atoms with Gasteiger partial charge in [0.15, 0.2) is 6.10 Å². The highest BCUT2D eigenvalue weighted by atomic mass is 16.5. The fourth-order valence-electron chi connectivity index (χ4n) is 0.801. The van der Waals surface area contributed by atoms with Crippen LogP contribution in [0.3, 0.4) is 0 Å². The van der Waals surface area contributed by atoms with Crippen molar-refractivity contribution in [3.05, 3.63) is 24.3 Å². The summed E-state index contributed by atoms with van der Waals surface area (Å²) in [6.45, 7) is 1.47. The Hall–Kier alpha value is -1.71. The molecule has 0 aliphatic heterocycles. The number of ether oxygens (including phenoxy) is 1. The Kier molecular flexibility index (Phi) is 2.74. The summed E-state index contributed by atoms with van der Waals surface area (Å²) in [4.78, 5) is 10.4. The minimum atomic E-state index is -0.989. The number of benzene rings is 1. The van der Waals surface area contributed by atoms with E-state index in [1.54, 1.807) is 24.3 Å². The van der Waals surface area contributed by atoms with Gasteiger partial charge in [0.2, 0.25) is 0 Å². The van der Waals surface area contributed by atoms with Gasteiger partial charge in [-0.1, -0.05) is 0 Å². The summed E-state index contributed by atoms with van der Waals surface area (Å²) in [5.41, 5.74) is 6.07. The van der Waals surface area contributed by atoms with E-state index >= 15 is 0 Å². The van der Waals surface area contributed by atoms with Crippen molar-refractivity contribution in [1.29, 1.82) is 0 Å². The van der Waals surface area contributed by atoms with Gasteiger partial charge < -0.3 is 15.6 Å². The topological polar surface area (TPSA) is 72.5 Å². The molecular weight excluding hydrogens is 170 g/mol. The van der Waals surface area contributed by atoms with Gasteiger partial charge in [0.1, 0.15) is 5.75 Å². The highest BCUT2D eigenvalue weighted by Crippen LogP contribution is 2.14. The van der Waals surface area contributed by atoms with Gasteiger partial charge in [-0.05, 0) is 31.2 Å². The maximum atomic E-state index is 10.4. The quantitative estimate of drug-likeness (QED) is 0.685. The van der Waals surface area contributed by atoms with Crippen LogP contribution in [0.4, 0.5) is 5.69 Å². The van der Waals surface area contributed by atoms with Gasteiger partial charge in [0.05, 0.1) is 0 Å². The fourth-order valence-corrected chi connectivity index (χ4v) is 0.801. The highest BCUT2D eigenvalue weighted by Gasteiger charge is 2.11. The number of rotatable bonds is 3. The summed E-state index contributed by atoms with van der Waals surface area (Å²) >= 11 is 0. The molecule has 1 aromatic carbocycles. The van der Waals surface area contributed by atoms with Crippen LogP contribution in [0.5, 0.6) is 5.75 Å². The van der Waals surface area contributed by atoms with Crippen molar-refractivity contribution in [2.45, 2.75) is 13.0 Å². The molecule has 0 amide bonds. The van der Waals surface area contributed by atoms with Crippen LogP contribution in [0.2, 0.25) is 0 Å². The summed E-state index contributed by atoms with van der Waals surface area (Å²) in [7, 11) is 0. The molecule has 0 aliphatic rings. The lowest BCUT2D eigenvalue weighted by Gasteiger charge is -2.09. The van der Waals surface area contributed by atoms with Crippen molar-refractivity contribution in [3.8, 4) is 5.75 Å². The van der Waals surface area contributed by atoms with E-state index in [0.29, 0.717) is 11.4 Å². The summed E-state index contributed by atoms with van der Waals surface area (Å²) in [5, 5.41) is 8.55. The van der Waals surface area contributed by atoms with Gasteiger partial charge >= 0.3 is 5.97 Å². The molecule has 1 atom stereocenters. The number of nitrogens with two attached hydrogens (primary N) is 1. The fraction of sp³-hybridized carbons (Fsp3) is 0.222. The van der Waals surface area contributed by atoms with Crippen molar-refractivity contribution in [1.82, 2.24) is 0 Å². The number of carboxylic acid groups (broad SMARTS) is 1. The molecule has 0 bridgehead atoms. The first kappa shape index (κ1) is 9.38. The molecule has 0 aliphatic carbocycles. The normalized spacial score (nSPS) is 12.1. The zero-order valence-corrected chi connectivity index (χ0v) is 7.23. The molecule has 0 fully saturated rings. The highest BCUT2D eigenvalue weighted by molar-refractivity contribution is 5.72. The van der Waals surface area contributed by atoms with E-state index in [4.69, 9.17) is 15.6 Å². The standard InChI is InChI=1S/C9H11NO3/c1-6(9(11)12)13-8-4-2-7(10)3-5-8/h2-6H,10H2,1H3,(H,11,12)/t6-/m0/s1. The smallest absolute Gasteiger partial charge is 0.344 e. The Morgan fingerprint density at radius 3 is 2.46 bits per heavy atom. The summed E-state index contributed by atoms with van der Waals surface area (Å²) in [6, 6.07) is 6.58. The zero-order chi connectivity index (χ0) is 9.84. The van der Waals surface area contributed by atoms with Crippen LogP contribution in [-0.4, -0.2) is 17.2 Å². The van der Waals surface area contributed by atoms with Gasteiger partial charge in [-0.25, -0.2) is 4.79 Å². The molecule has 0 heterocycles. The third-order valence-electron chi connectivity index (χ3n) is 1.54. The lowest BCUT2D eigenvalue weighted by Crippen LogP contribution is -2.22. The van der Waals surface area contributed by atoms with E-state index in [1.165, 1.54) is 6.92 Å². The predicted octanol–water partition coefficient (Wildman–Crippen LogP) is 1.12. The van der Waals surface area contributed by atoms with Crippen molar-refractivity contribution >= 4 is 11.7 Å². The molecule has 0 unspecified atom stereocenters. The third kappa shape index (κ3) is 2.66. The first-order valence-corrected chi connectivity index (χ1v) is 3.84. The molecule has 1 aromatic rings. The van der Waals surface area contributed by atoms with Crippen LogP contribution in [0.15, 0.2) is 24.3 Å².